The van der Waals surface area contributed by atoms with Gasteiger partial charge in [0.2, 0.25) is 5.91 Å². The second kappa shape index (κ2) is 7.92. The average molecular weight is 384 g/mol. The molecule has 1 atom stereocenters. The SMILES string of the molecule is CCN(CC)C(=O)c1ccc2c(c1)C(C(C)=Nc1ccc(Cl)cc1)C(=O)N2. The summed E-state index contributed by atoms with van der Waals surface area (Å²) in [7, 11) is 0. The van der Waals surface area contributed by atoms with Crippen LogP contribution in [0.4, 0.5) is 11.4 Å². The molecule has 1 N–H and O–H groups in total. The van der Waals surface area contributed by atoms with Crippen LogP contribution in [0.3, 0.4) is 0 Å². The highest BCUT2D eigenvalue weighted by molar-refractivity contribution is 6.30. The maximum atomic E-state index is 12.7. The van der Waals surface area contributed by atoms with E-state index in [0.29, 0.717) is 29.4 Å². The van der Waals surface area contributed by atoms with E-state index in [2.05, 4.69) is 10.3 Å². The number of hydrogen-bond acceptors (Lipinski definition) is 3. The number of rotatable bonds is 5. The van der Waals surface area contributed by atoms with Crippen LogP contribution in [0, 0.1) is 0 Å². The van der Waals surface area contributed by atoms with Gasteiger partial charge >= 0.3 is 0 Å². The number of halogens is 1. The summed E-state index contributed by atoms with van der Waals surface area (Å²) in [6, 6.07) is 12.5. The summed E-state index contributed by atoms with van der Waals surface area (Å²) in [5.74, 6) is -0.680. The molecule has 2 amide bonds. The Balaban J connectivity index is 1.96. The van der Waals surface area contributed by atoms with Gasteiger partial charge in [-0.25, -0.2) is 0 Å². The van der Waals surface area contributed by atoms with Crippen LogP contribution in [0.1, 0.15) is 42.6 Å². The molecule has 1 aliphatic rings. The number of amides is 2. The monoisotopic (exact) mass is 383 g/mol. The fraction of sp³-hybridized carbons (Fsp3) is 0.286. The molecule has 0 aromatic heterocycles. The molecule has 6 heteroatoms. The minimum atomic E-state index is -0.514. The molecule has 1 unspecified atom stereocenters. The third-order valence-corrected chi connectivity index (χ3v) is 4.98. The van der Waals surface area contributed by atoms with Crippen molar-refractivity contribution in [1.82, 2.24) is 4.90 Å². The molecule has 2 aromatic rings. The van der Waals surface area contributed by atoms with Gasteiger partial charge in [0.15, 0.2) is 0 Å². The molecular weight excluding hydrogens is 362 g/mol. The number of anilines is 1. The first-order valence-corrected chi connectivity index (χ1v) is 9.37. The lowest BCUT2D eigenvalue weighted by Crippen LogP contribution is -2.30. The Bertz CT molecular complexity index is 902. The molecule has 0 radical (unpaired) electrons. The van der Waals surface area contributed by atoms with Gasteiger partial charge in [-0.15, -0.1) is 0 Å². The Morgan fingerprint density at radius 2 is 1.81 bits per heavy atom. The molecule has 0 saturated carbocycles. The molecule has 0 fully saturated rings. The minimum Gasteiger partial charge on any atom is -0.339 e. The number of fused-ring (bicyclic) bond motifs is 1. The molecule has 0 aliphatic carbocycles. The second-order valence-electron chi connectivity index (χ2n) is 6.43. The highest BCUT2D eigenvalue weighted by Gasteiger charge is 2.33. The molecule has 140 valence electrons. The fourth-order valence-electron chi connectivity index (χ4n) is 3.29. The molecule has 0 spiro atoms. The van der Waals surface area contributed by atoms with Crippen molar-refractivity contribution in [2.75, 3.05) is 18.4 Å². The topological polar surface area (TPSA) is 61.8 Å². The zero-order valence-electron chi connectivity index (χ0n) is 15.6. The summed E-state index contributed by atoms with van der Waals surface area (Å²) in [5.41, 5.74) is 3.49. The van der Waals surface area contributed by atoms with Crippen molar-refractivity contribution >= 4 is 40.5 Å². The predicted molar refractivity (Wildman–Crippen MR) is 109 cm³/mol. The van der Waals surface area contributed by atoms with Crippen molar-refractivity contribution in [2.24, 2.45) is 4.99 Å². The molecule has 5 nitrogen and oxygen atoms in total. The Morgan fingerprint density at radius 1 is 1.15 bits per heavy atom. The van der Waals surface area contributed by atoms with E-state index in [0.717, 1.165) is 16.9 Å². The van der Waals surface area contributed by atoms with E-state index >= 15 is 0 Å². The number of nitrogens with one attached hydrogen (secondary N) is 1. The van der Waals surface area contributed by atoms with Crippen LogP contribution < -0.4 is 5.32 Å². The first-order valence-electron chi connectivity index (χ1n) is 8.99. The average Bonchev–Trinajstić information content (AvgIpc) is 2.99. The Labute approximate surface area is 164 Å². The molecule has 2 aromatic carbocycles. The summed E-state index contributed by atoms with van der Waals surface area (Å²) < 4.78 is 0. The van der Waals surface area contributed by atoms with Gasteiger partial charge in [-0.2, -0.15) is 0 Å². The maximum Gasteiger partial charge on any atom is 0.253 e. The van der Waals surface area contributed by atoms with Gasteiger partial charge in [0.25, 0.3) is 5.91 Å². The van der Waals surface area contributed by atoms with Gasteiger partial charge in [-0.05, 0) is 68.8 Å². The quantitative estimate of drug-likeness (QED) is 0.764. The van der Waals surface area contributed by atoms with Gasteiger partial charge in [0.1, 0.15) is 5.92 Å². The van der Waals surface area contributed by atoms with Gasteiger partial charge in [-0.1, -0.05) is 11.6 Å². The van der Waals surface area contributed by atoms with Crippen LogP contribution in [-0.2, 0) is 4.79 Å². The molecular formula is C21H22ClN3O2. The largest absolute Gasteiger partial charge is 0.339 e. The lowest BCUT2D eigenvalue weighted by molar-refractivity contribution is -0.115. The molecule has 27 heavy (non-hydrogen) atoms. The van der Waals surface area contributed by atoms with Crippen molar-refractivity contribution in [3.63, 3.8) is 0 Å². The Morgan fingerprint density at radius 3 is 2.44 bits per heavy atom. The Kier molecular flexibility index (Phi) is 5.61. The van der Waals surface area contributed by atoms with Gasteiger partial charge in [0, 0.05) is 35.1 Å². The normalized spacial score (nSPS) is 16.1. The van der Waals surface area contributed by atoms with E-state index in [1.165, 1.54) is 0 Å². The lowest BCUT2D eigenvalue weighted by atomic mass is 9.94. The van der Waals surface area contributed by atoms with E-state index in [1.807, 2.05) is 20.8 Å². The standard InChI is InChI=1S/C21H22ClN3O2/c1-4-25(5-2)21(27)14-6-11-18-17(12-14)19(20(26)24-18)13(3)23-16-9-7-15(22)8-10-16/h6-12,19H,4-5H2,1-3H3,(H,24,26). The zero-order chi connectivity index (χ0) is 19.6. The molecule has 1 heterocycles. The van der Waals surface area contributed by atoms with Crippen molar-refractivity contribution < 1.29 is 9.59 Å². The van der Waals surface area contributed by atoms with Crippen LogP contribution in [-0.4, -0.2) is 35.5 Å². The molecule has 3 rings (SSSR count). The first-order chi connectivity index (χ1) is 12.9. The highest BCUT2D eigenvalue weighted by atomic mass is 35.5. The van der Waals surface area contributed by atoms with E-state index in [9.17, 15) is 9.59 Å². The second-order valence-corrected chi connectivity index (χ2v) is 6.87. The van der Waals surface area contributed by atoms with Crippen LogP contribution in [0.5, 0.6) is 0 Å². The van der Waals surface area contributed by atoms with E-state index in [4.69, 9.17) is 11.6 Å². The van der Waals surface area contributed by atoms with E-state index in [1.54, 1.807) is 47.4 Å². The van der Waals surface area contributed by atoms with Gasteiger partial charge in [-0.3, -0.25) is 14.6 Å². The number of hydrogen-bond donors (Lipinski definition) is 1. The summed E-state index contributed by atoms with van der Waals surface area (Å²) >= 11 is 5.91. The molecule has 0 bridgehead atoms. The molecule has 0 saturated heterocycles. The first kappa shape index (κ1) is 19.1. The Hall–Kier alpha value is -2.66. The predicted octanol–water partition coefficient (Wildman–Crippen LogP) is 4.65. The zero-order valence-corrected chi connectivity index (χ0v) is 16.4. The number of nitrogens with zero attached hydrogens (tertiary/aromatic N) is 2. The maximum absolute atomic E-state index is 12.7. The van der Waals surface area contributed by atoms with Crippen LogP contribution in [0.15, 0.2) is 47.5 Å². The van der Waals surface area contributed by atoms with Crippen LogP contribution in [0.25, 0.3) is 0 Å². The summed E-state index contributed by atoms with van der Waals surface area (Å²) in [6.07, 6.45) is 0. The van der Waals surface area contributed by atoms with Crippen molar-refractivity contribution in [1.29, 1.82) is 0 Å². The van der Waals surface area contributed by atoms with Crippen LogP contribution in [0.2, 0.25) is 5.02 Å². The summed E-state index contributed by atoms with van der Waals surface area (Å²) in [5, 5.41) is 3.52. The number of carbonyl (C=O) groups excluding carboxylic acids is 2. The lowest BCUT2D eigenvalue weighted by Gasteiger charge is -2.19. The van der Waals surface area contributed by atoms with Gasteiger partial charge < -0.3 is 10.2 Å². The summed E-state index contributed by atoms with van der Waals surface area (Å²) in [6.45, 7) is 7.01. The van der Waals surface area contributed by atoms with Crippen LogP contribution >= 0.6 is 11.6 Å². The third kappa shape index (κ3) is 3.88. The number of carbonyl (C=O) groups is 2. The van der Waals surface area contributed by atoms with E-state index < -0.39 is 5.92 Å². The number of benzene rings is 2. The van der Waals surface area contributed by atoms with Gasteiger partial charge in [0.05, 0.1) is 5.69 Å². The minimum absolute atomic E-state index is 0.0341. The fourth-order valence-corrected chi connectivity index (χ4v) is 3.41. The van der Waals surface area contributed by atoms with Crippen molar-refractivity contribution in [2.45, 2.75) is 26.7 Å². The van der Waals surface area contributed by atoms with Crippen molar-refractivity contribution in [3.8, 4) is 0 Å². The smallest absolute Gasteiger partial charge is 0.253 e. The highest BCUT2D eigenvalue weighted by Crippen LogP contribution is 2.35. The third-order valence-electron chi connectivity index (χ3n) is 4.73. The molecule has 1 aliphatic heterocycles. The van der Waals surface area contributed by atoms with E-state index in [-0.39, 0.29) is 11.8 Å². The summed E-state index contributed by atoms with van der Waals surface area (Å²) in [4.78, 5) is 31.5. The number of aliphatic imine (C=N–C) groups is 1. The van der Waals surface area contributed by atoms with Crippen molar-refractivity contribution in [3.05, 3.63) is 58.6 Å².